The van der Waals surface area contributed by atoms with Crippen molar-refractivity contribution in [2.24, 2.45) is 5.92 Å². The van der Waals surface area contributed by atoms with Crippen LogP contribution < -0.4 is 10.1 Å². The van der Waals surface area contributed by atoms with Crippen LogP contribution in [0.25, 0.3) is 0 Å². The highest BCUT2D eigenvalue weighted by Gasteiger charge is 2.17. The molecule has 1 heterocycles. The molecule has 1 aliphatic rings. The highest BCUT2D eigenvalue weighted by Crippen LogP contribution is 2.23. The van der Waals surface area contributed by atoms with Gasteiger partial charge in [0.1, 0.15) is 6.10 Å². The zero-order chi connectivity index (χ0) is 15.8. The summed E-state index contributed by atoms with van der Waals surface area (Å²) in [5.74, 6) is 1.25. The third-order valence-corrected chi connectivity index (χ3v) is 4.19. The molecule has 1 aromatic heterocycles. The number of hydrogen-bond donors (Lipinski definition) is 1. The lowest BCUT2D eigenvalue weighted by molar-refractivity contribution is -0.122. The number of amides is 1. The van der Waals surface area contributed by atoms with Crippen molar-refractivity contribution >= 4 is 5.91 Å². The number of aromatic nitrogens is 1. The molecule has 122 valence electrons. The van der Waals surface area contributed by atoms with Crippen LogP contribution >= 0.6 is 0 Å². The van der Waals surface area contributed by atoms with E-state index in [9.17, 15) is 4.79 Å². The molecule has 22 heavy (non-hydrogen) atoms. The molecule has 4 nitrogen and oxygen atoms in total. The van der Waals surface area contributed by atoms with Gasteiger partial charge in [-0.25, -0.2) is 4.98 Å². The summed E-state index contributed by atoms with van der Waals surface area (Å²) in [5.41, 5.74) is 1.04. The summed E-state index contributed by atoms with van der Waals surface area (Å²) < 4.78 is 5.90. The monoisotopic (exact) mass is 304 g/mol. The van der Waals surface area contributed by atoms with Gasteiger partial charge in [-0.3, -0.25) is 4.79 Å². The van der Waals surface area contributed by atoms with Gasteiger partial charge in [-0.2, -0.15) is 0 Å². The minimum atomic E-state index is 0.121. The lowest BCUT2D eigenvalue weighted by atomic mass is 10.0. The van der Waals surface area contributed by atoms with Crippen LogP contribution in [0.3, 0.4) is 0 Å². The van der Waals surface area contributed by atoms with E-state index in [-0.39, 0.29) is 5.91 Å². The van der Waals surface area contributed by atoms with Gasteiger partial charge in [0.05, 0.1) is 0 Å². The second kappa shape index (κ2) is 8.76. The molecule has 1 aromatic rings. The zero-order valence-electron chi connectivity index (χ0n) is 13.8. The number of nitrogens with one attached hydrogen (secondary N) is 1. The first kappa shape index (κ1) is 16.8. The maximum absolute atomic E-state index is 11.9. The first-order valence-electron chi connectivity index (χ1n) is 8.55. The molecule has 2 rings (SSSR count). The van der Waals surface area contributed by atoms with Crippen molar-refractivity contribution in [3.8, 4) is 5.88 Å². The number of carbonyl (C=O) groups excluding carboxylic acids is 1. The summed E-state index contributed by atoms with van der Waals surface area (Å²) in [7, 11) is 0. The van der Waals surface area contributed by atoms with Crippen molar-refractivity contribution in [1.82, 2.24) is 10.3 Å². The van der Waals surface area contributed by atoms with Crippen LogP contribution in [0, 0.1) is 5.92 Å². The molecule has 1 N–H and O–H groups in total. The maximum atomic E-state index is 11.9. The van der Waals surface area contributed by atoms with Crippen LogP contribution in [0.1, 0.15) is 64.4 Å². The Morgan fingerprint density at radius 3 is 2.95 bits per heavy atom. The Morgan fingerprint density at radius 2 is 2.23 bits per heavy atom. The van der Waals surface area contributed by atoms with Crippen molar-refractivity contribution in [3.63, 3.8) is 0 Å². The molecule has 1 fully saturated rings. The second-order valence-corrected chi connectivity index (χ2v) is 6.40. The highest BCUT2D eigenvalue weighted by atomic mass is 16.5. The van der Waals surface area contributed by atoms with E-state index in [0.29, 0.717) is 30.9 Å². The van der Waals surface area contributed by atoms with Gasteiger partial charge in [-0.15, -0.1) is 0 Å². The van der Waals surface area contributed by atoms with Crippen molar-refractivity contribution in [3.05, 3.63) is 23.9 Å². The van der Waals surface area contributed by atoms with Gasteiger partial charge in [0, 0.05) is 25.2 Å². The summed E-state index contributed by atoms with van der Waals surface area (Å²) in [5, 5.41) is 2.99. The van der Waals surface area contributed by atoms with Crippen LogP contribution in [0.4, 0.5) is 0 Å². The molecule has 0 aliphatic heterocycles. The van der Waals surface area contributed by atoms with Gasteiger partial charge >= 0.3 is 0 Å². The Kier molecular flexibility index (Phi) is 6.69. The van der Waals surface area contributed by atoms with Crippen LogP contribution in [-0.2, 0) is 11.3 Å². The fourth-order valence-electron chi connectivity index (χ4n) is 2.99. The molecule has 1 aliphatic carbocycles. The third-order valence-electron chi connectivity index (χ3n) is 4.19. The molecular formula is C18H28N2O2. The van der Waals surface area contributed by atoms with Crippen molar-refractivity contribution in [1.29, 1.82) is 0 Å². The van der Waals surface area contributed by atoms with Crippen molar-refractivity contribution < 1.29 is 9.53 Å². The Labute approximate surface area is 133 Å². The predicted molar refractivity (Wildman–Crippen MR) is 87.7 cm³/mol. The topological polar surface area (TPSA) is 51.2 Å². The molecule has 0 bridgehead atoms. The molecule has 1 unspecified atom stereocenters. The van der Waals surface area contributed by atoms with Crippen LogP contribution in [0.15, 0.2) is 18.3 Å². The molecule has 1 amide bonds. The standard InChI is InChI=1S/C18H28N2O2/c1-3-6-14(2)11-17(21)20-13-15-9-10-19-18(12-15)22-16-7-4-5-8-16/h9-10,12,14,16H,3-8,11,13H2,1-2H3,(H,20,21). The Bertz CT molecular complexity index is 470. The number of hydrogen-bond acceptors (Lipinski definition) is 3. The van der Waals surface area contributed by atoms with E-state index >= 15 is 0 Å². The van der Waals surface area contributed by atoms with Gasteiger partial charge in [-0.05, 0) is 43.2 Å². The lowest BCUT2D eigenvalue weighted by Crippen LogP contribution is -2.24. The molecule has 0 spiro atoms. The smallest absolute Gasteiger partial charge is 0.220 e. The number of nitrogens with zero attached hydrogens (tertiary/aromatic N) is 1. The predicted octanol–water partition coefficient (Wildman–Crippen LogP) is 3.85. The average Bonchev–Trinajstić information content (AvgIpc) is 2.99. The number of carbonyl (C=O) groups is 1. The van der Waals surface area contributed by atoms with E-state index in [1.807, 2.05) is 12.1 Å². The largest absolute Gasteiger partial charge is 0.474 e. The Balaban J connectivity index is 1.78. The fourth-order valence-corrected chi connectivity index (χ4v) is 2.99. The summed E-state index contributed by atoms with van der Waals surface area (Å²) in [6.07, 6.45) is 9.63. The van der Waals surface area contributed by atoms with E-state index in [0.717, 1.165) is 31.2 Å². The molecule has 1 atom stereocenters. The highest BCUT2D eigenvalue weighted by molar-refractivity contribution is 5.76. The number of pyridine rings is 1. The van der Waals surface area contributed by atoms with Gasteiger partial charge in [0.15, 0.2) is 0 Å². The van der Waals surface area contributed by atoms with Gasteiger partial charge < -0.3 is 10.1 Å². The van der Waals surface area contributed by atoms with Crippen LogP contribution in [0.2, 0.25) is 0 Å². The first-order valence-corrected chi connectivity index (χ1v) is 8.55. The molecular weight excluding hydrogens is 276 g/mol. The minimum absolute atomic E-state index is 0.121. The molecule has 1 saturated carbocycles. The third kappa shape index (κ3) is 5.66. The van der Waals surface area contributed by atoms with Crippen molar-refractivity contribution in [2.75, 3.05) is 0 Å². The summed E-state index contributed by atoms with van der Waals surface area (Å²) >= 11 is 0. The summed E-state index contributed by atoms with van der Waals surface area (Å²) in [6, 6.07) is 3.87. The van der Waals surface area contributed by atoms with E-state index in [1.54, 1.807) is 6.20 Å². The van der Waals surface area contributed by atoms with Crippen LogP contribution in [-0.4, -0.2) is 17.0 Å². The maximum Gasteiger partial charge on any atom is 0.220 e. The van der Waals surface area contributed by atoms with E-state index in [2.05, 4.69) is 24.1 Å². The van der Waals surface area contributed by atoms with E-state index in [1.165, 1.54) is 12.8 Å². The Hall–Kier alpha value is -1.58. The fraction of sp³-hybridized carbons (Fsp3) is 0.667. The van der Waals surface area contributed by atoms with Gasteiger partial charge in [0.2, 0.25) is 11.8 Å². The quantitative estimate of drug-likeness (QED) is 0.793. The second-order valence-electron chi connectivity index (χ2n) is 6.40. The molecule has 0 aromatic carbocycles. The molecule has 0 radical (unpaired) electrons. The van der Waals surface area contributed by atoms with Crippen LogP contribution in [0.5, 0.6) is 5.88 Å². The Morgan fingerprint density at radius 1 is 1.45 bits per heavy atom. The van der Waals surface area contributed by atoms with Gasteiger partial charge in [-0.1, -0.05) is 26.7 Å². The van der Waals surface area contributed by atoms with Crippen molar-refractivity contribution in [2.45, 2.75) is 71.4 Å². The zero-order valence-corrected chi connectivity index (χ0v) is 13.8. The molecule has 4 heteroatoms. The normalized spacial score (nSPS) is 16.5. The molecule has 0 saturated heterocycles. The average molecular weight is 304 g/mol. The first-order chi connectivity index (χ1) is 10.7. The lowest BCUT2D eigenvalue weighted by Gasteiger charge is -2.13. The van der Waals surface area contributed by atoms with Gasteiger partial charge in [0.25, 0.3) is 0 Å². The summed E-state index contributed by atoms with van der Waals surface area (Å²) in [6.45, 7) is 4.82. The number of rotatable bonds is 8. The summed E-state index contributed by atoms with van der Waals surface area (Å²) in [4.78, 5) is 16.2. The number of ether oxygens (including phenoxy) is 1. The minimum Gasteiger partial charge on any atom is -0.474 e. The SMILES string of the molecule is CCCC(C)CC(=O)NCc1ccnc(OC2CCCC2)c1. The van der Waals surface area contributed by atoms with E-state index < -0.39 is 0 Å². The van der Waals surface area contributed by atoms with E-state index in [4.69, 9.17) is 4.74 Å².